The predicted octanol–water partition coefficient (Wildman–Crippen LogP) is 0.888. The highest BCUT2D eigenvalue weighted by molar-refractivity contribution is 5.94. The number of carbonyl (C=O) groups excluding carboxylic acids is 1. The molecule has 0 heterocycles. The van der Waals surface area contributed by atoms with E-state index in [1.165, 1.54) is 13.2 Å². The van der Waals surface area contributed by atoms with Crippen LogP contribution >= 0.6 is 0 Å². The first-order valence-electron chi connectivity index (χ1n) is 6.09. The van der Waals surface area contributed by atoms with Crippen LogP contribution in [-0.4, -0.2) is 36.7 Å². The number of benzene rings is 1. The zero-order valence-corrected chi connectivity index (χ0v) is 11.2. The van der Waals surface area contributed by atoms with Crippen molar-refractivity contribution in [1.29, 1.82) is 0 Å². The largest absolute Gasteiger partial charge is 0.480 e. The Morgan fingerprint density at radius 1 is 1.50 bits per heavy atom. The molecule has 6 nitrogen and oxygen atoms in total. The van der Waals surface area contributed by atoms with Crippen molar-refractivity contribution in [2.45, 2.75) is 12.5 Å². The highest BCUT2D eigenvalue weighted by Crippen LogP contribution is 2.08. The van der Waals surface area contributed by atoms with E-state index in [1.54, 1.807) is 30.3 Å². The molecule has 1 atom stereocenters. The Balaban J connectivity index is 2.59. The van der Waals surface area contributed by atoms with E-state index in [9.17, 15) is 9.59 Å². The molecule has 1 aromatic rings. The van der Waals surface area contributed by atoms with Gasteiger partial charge in [-0.25, -0.2) is 4.79 Å². The second kappa shape index (κ2) is 7.96. The van der Waals surface area contributed by atoms with Crippen molar-refractivity contribution in [3.8, 4) is 0 Å². The van der Waals surface area contributed by atoms with E-state index < -0.39 is 17.9 Å². The van der Waals surface area contributed by atoms with E-state index in [1.807, 2.05) is 0 Å². The molecule has 108 valence electrons. The summed E-state index contributed by atoms with van der Waals surface area (Å²) in [5.74, 6) is -1.57. The number of carboxylic acids is 1. The van der Waals surface area contributed by atoms with Gasteiger partial charge in [0.25, 0.3) is 0 Å². The van der Waals surface area contributed by atoms with Crippen molar-refractivity contribution in [2.24, 2.45) is 0 Å². The zero-order chi connectivity index (χ0) is 15.0. The Morgan fingerprint density at radius 3 is 2.85 bits per heavy atom. The lowest BCUT2D eigenvalue weighted by molar-refractivity contribution is -0.141. The molecule has 1 unspecified atom stereocenters. The number of nitrogens with two attached hydrogens (primary N) is 1. The van der Waals surface area contributed by atoms with Crippen molar-refractivity contribution in [1.82, 2.24) is 5.32 Å². The standard InChI is InChI=1S/C14H18N2O4/c1-20-8-7-12(14(18)19)16-13(17)6-5-10-3-2-4-11(15)9-10/h2-6,9,12H,7-8,15H2,1H3,(H,16,17)(H,18,19)/b6-5+. The summed E-state index contributed by atoms with van der Waals surface area (Å²) in [7, 11) is 1.47. The molecule has 0 spiro atoms. The van der Waals surface area contributed by atoms with Crippen LogP contribution in [0.5, 0.6) is 0 Å². The summed E-state index contributed by atoms with van der Waals surface area (Å²) < 4.78 is 4.80. The van der Waals surface area contributed by atoms with E-state index in [2.05, 4.69) is 5.32 Å². The molecule has 1 amide bonds. The number of carboxylic acid groups (broad SMARTS) is 1. The van der Waals surface area contributed by atoms with Gasteiger partial charge in [-0.05, 0) is 23.8 Å². The Bertz CT molecular complexity index is 500. The molecule has 0 aliphatic carbocycles. The second-order valence-electron chi connectivity index (χ2n) is 4.18. The quantitative estimate of drug-likeness (QED) is 0.508. The highest BCUT2D eigenvalue weighted by Gasteiger charge is 2.18. The fourth-order valence-electron chi connectivity index (χ4n) is 1.55. The molecule has 0 radical (unpaired) electrons. The highest BCUT2D eigenvalue weighted by atomic mass is 16.5. The molecule has 1 aromatic carbocycles. The summed E-state index contributed by atoms with van der Waals surface area (Å²) in [6.07, 6.45) is 3.06. The molecule has 0 saturated heterocycles. The van der Waals surface area contributed by atoms with Crippen LogP contribution in [0.3, 0.4) is 0 Å². The number of nitrogens with one attached hydrogen (secondary N) is 1. The summed E-state index contributed by atoms with van der Waals surface area (Å²) in [5, 5.41) is 11.4. The van der Waals surface area contributed by atoms with E-state index in [0.29, 0.717) is 5.69 Å². The normalized spacial score (nSPS) is 12.2. The van der Waals surface area contributed by atoms with E-state index in [4.69, 9.17) is 15.6 Å². The summed E-state index contributed by atoms with van der Waals surface area (Å²) in [5.41, 5.74) is 6.98. The molecule has 0 fully saturated rings. The number of nitrogen functional groups attached to an aromatic ring is 1. The maximum absolute atomic E-state index is 11.6. The molecule has 0 aliphatic rings. The fourth-order valence-corrected chi connectivity index (χ4v) is 1.55. The first-order chi connectivity index (χ1) is 9.52. The summed E-state index contributed by atoms with van der Waals surface area (Å²) >= 11 is 0. The molecule has 20 heavy (non-hydrogen) atoms. The number of methoxy groups -OCH3 is 1. The molecule has 0 bridgehead atoms. The number of hydrogen-bond acceptors (Lipinski definition) is 4. The van der Waals surface area contributed by atoms with Gasteiger partial charge in [0.1, 0.15) is 6.04 Å². The van der Waals surface area contributed by atoms with Crippen LogP contribution in [0.4, 0.5) is 5.69 Å². The number of ether oxygens (including phenoxy) is 1. The number of carbonyl (C=O) groups is 2. The van der Waals surface area contributed by atoms with Crippen molar-refractivity contribution < 1.29 is 19.4 Å². The molecular weight excluding hydrogens is 260 g/mol. The molecule has 4 N–H and O–H groups in total. The Kier molecular flexibility index (Phi) is 6.25. The predicted molar refractivity (Wildman–Crippen MR) is 75.9 cm³/mol. The van der Waals surface area contributed by atoms with Gasteiger partial charge in [-0.2, -0.15) is 0 Å². The molecular formula is C14H18N2O4. The fraction of sp³-hybridized carbons (Fsp3) is 0.286. The van der Waals surface area contributed by atoms with Gasteiger partial charge in [-0.15, -0.1) is 0 Å². The van der Waals surface area contributed by atoms with E-state index >= 15 is 0 Å². The van der Waals surface area contributed by atoms with E-state index in [-0.39, 0.29) is 13.0 Å². The maximum Gasteiger partial charge on any atom is 0.326 e. The van der Waals surface area contributed by atoms with Gasteiger partial charge in [-0.1, -0.05) is 12.1 Å². The van der Waals surface area contributed by atoms with Crippen molar-refractivity contribution in [3.63, 3.8) is 0 Å². The summed E-state index contributed by atoms with van der Waals surface area (Å²) in [6.45, 7) is 0.260. The third-order valence-corrected chi connectivity index (χ3v) is 2.56. The Morgan fingerprint density at radius 2 is 2.25 bits per heavy atom. The molecule has 0 aromatic heterocycles. The van der Waals surface area contributed by atoms with Crippen LogP contribution in [0, 0.1) is 0 Å². The Labute approximate surface area is 117 Å². The van der Waals surface area contributed by atoms with Crippen LogP contribution < -0.4 is 11.1 Å². The molecule has 0 aliphatic heterocycles. The number of amides is 1. The van der Waals surface area contributed by atoms with Crippen LogP contribution in [0.25, 0.3) is 6.08 Å². The minimum absolute atomic E-state index is 0.212. The first kappa shape index (κ1) is 15.7. The van der Waals surface area contributed by atoms with Crippen LogP contribution in [0.15, 0.2) is 30.3 Å². The topological polar surface area (TPSA) is 102 Å². The smallest absolute Gasteiger partial charge is 0.326 e. The van der Waals surface area contributed by atoms with Crippen molar-refractivity contribution in [3.05, 3.63) is 35.9 Å². The average Bonchev–Trinajstić information content (AvgIpc) is 2.41. The van der Waals surface area contributed by atoms with Gasteiger partial charge >= 0.3 is 5.97 Å². The maximum atomic E-state index is 11.6. The van der Waals surface area contributed by atoms with Crippen LogP contribution in [0.1, 0.15) is 12.0 Å². The monoisotopic (exact) mass is 278 g/mol. The zero-order valence-electron chi connectivity index (χ0n) is 11.2. The number of rotatable bonds is 7. The third kappa shape index (κ3) is 5.53. The lowest BCUT2D eigenvalue weighted by Gasteiger charge is -2.12. The van der Waals surface area contributed by atoms with Gasteiger partial charge in [0, 0.05) is 31.9 Å². The lowest BCUT2D eigenvalue weighted by Crippen LogP contribution is -2.40. The van der Waals surface area contributed by atoms with Crippen molar-refractivity contribution in [2.75, 3.05) is 19.5 Å². The summed E-state index contributed by atoms with van der Waals surface area (Å²) in [4.78, 5) is 22.6. The van der Waals surface area contributed by atoms with Crippen molar-refractivity contribution >= 4 is 23.6 Å². The van der Waals surface area contributed by atoms with Crippen LogP contribution in [-0.2, 0) is 14.3 Å². The van der Waals surface area contributed by atoms with Gasteiger partial charge in [0.15, 0.2) is 0 Å². The van der Waals surface area contributed by atoms with Gasteiger partial charge in [0.2, 0.25) is 5.91 Å². The second-order valence-corrected chi connectivity index (χ2v) is 4.18. The third-order valence-electron chi connectivity index (χ3n) is 2.56. The average molecular weight is 278 g/mol. The number of aliphatic carboxylic acids is 1. The summed E-state index contributed by atoms with van der Waals surface area (Å²) in [6, 6.07) is 6.05. The van der Waals surface area contributed by atoms with Gasteiger partial charge < -0.3 is 20.9 Å². The number of anilines is 1. The minimum Gasteiger partial charge on any atom is -0.480 e. The SMILES string of the molecule is COCCC(NC(=O)/C=C/c1cccc(N)c1)C(=O)O. The molecule has 6 heteroatoms. The molecule has 0 saturated carbocycles. The first-order valence-corrected chi connectivity index (χ1v) is 6.09. The minimum atomic E-state index is -1.09. The number of hydrogen-bond donors (Lipinski definition) is 3. The Hall–Kier alpha value is -2.34. The molecule has 1 rings (SSSR count). The lowest BCUT2D eigenvalue weighted by atomic mass is 10.2. The van der Waals surface area contributed by atoms with E-state index in [0.717, 1.165) is 5.56 Å². The van der Waals surface area contributed by atoms with Crippen LogP contribution in [0.2, 0.25) is 0 Å². The van der Waals surface area contributed by atoms with Gasteiger partial charge in [0.05, 0.1) is 0 Å². The van der Waals surface area contributed by atoms with Gasteiger partial charge in [-0.3, -0.25) is 4.79 Å².